The molecule has 0 atom stereocenters. The molecule has 0 unspecified atom stereocenters. The Bertz CT molecular complexity index is 1040. The fourth-order valence-electron chi connectivity index (χ4n) is 3.42. The zero-order valence-electron chi connectivity index (χ0n) is 14.7. The number of nitrogens with zero attached hydrogens (tertiary/aromatic N) is 4. The van der Waals surface area contributed by atoms with Crippen molar-refractivity contribution in [2.24, 2.45) is 5.92 Å². The number of benzene rings is 1. The number of rotatable bonds is 4. The zero-order valence-corrected chi connectivity index (χ0v) is 15.5. The van der Waals surface area contributed by atoms with Crippen LogP contribution in [0.4, 0.5) is 0 Å². The Hall–Kier alpha value is -2.74. The highest BCUT2D eigenvalue weighted by molar-refractivity contribution is 7.17. The highest BCUT2D eigenvalue weighted by atomic mass is 32.1. The van der Waals surface area contributed by atoms with E-state index < -0.39 is 0 Å². The Morgan fingerprint density at radius 2 is 2.07 bits per heavy atom. The number of hydrogen-bond donors (Lipinski definition) is 1. The zero-order chi connectivity index (χ0) is 18.4. The minimum absolute atomic E-state index is 0.0166. The van der Waals surface area contributed by atoms with Crippen molar-refractivity contribution in [2.45, 2.75) is 25.9 Å². The summed E-state index contributed by atoms with van der Waals surface area (Å²) in [6.45, 7) is 2.13. The SMILES string of the molecule is O=C(NCC1CC1)c1nnc2n1CCN(C(=O)c1ccc3sccc3c1)C2. The average Bonchev–Trinajstić information content (AvgIpc) is 3.24. The van der Waals surface area contributed by atoms with Crippen molar-refractivity contribution < 1.29 is 9.59 Å². The van der Waals surface area contributed by atoms with Gasteiger partial charge in [-0.2, -0.15) is 0 Å². The molecule has 0 radical (unpaired) electrons. The van der Waals surface area contributed by atoms with E-state index in [4.69, 9.17) is 0 Å². The molecule has 1 N–H and O–H groups in total. The van der Waals surface area contributed by atoms with Crippen molar-refractivity contribution in [1.82, 2.24) is 25.0 Å². The van der Waals surface area contributed by atoms with Gasteiger partial charge in [0, 0.05) is 29.9 Å². The summed E-state index contributed by atoms with van der Waals surface area (Å²) in [4.78, 5) is 27.0. The highest BCUT2D eigenvalue weighted by Gasteiger charge is 2.28. The average molecular weight is 381 g/mol. The summed E-state index contributed by atoms with van der Waals surface area (Å²) in [5.74, 6) is 1.42. The van der Waals surface area contributed by atoms with E-state index in [9.17, 15) is 9.59 Å². The third-order valence-electron chi connectivity index (χ3n) is 5.19. The van der Waals surface area contributed by atoms with Gasteiger partial charge in [-0.25, -0.2) is 0 Å². The maximum atomic E-state index is 12.9. The molecule has 3 aromatic rings. The number of nitrogens with one attached hydrogen (secondary N) is 1. The van der Waals surface area contributed by atoms with Crippen LogP contribution >= 0.6 is 11.3 Å². The van der Waals surface area contributed by atoms with E-state index in [0.29, 0.717) is 49.3 Å². The standard InChI is InChI=1S/C19H19N5O2S/c25-18(20-10-12-1-2-12)17-22-21-16-11-23(6-7-24(16)17)19(26)14-3-4-15-13(9-14)5-8-27-15/h3-5,8-9,12H,1-2,6-7,10-11H2,(H,20,25). The quantitative estimate of drug-likeness (QED) is 0.752. The molecule has 2 amide bonds. The number of thiophene rings is 1. The molecule has 1 saturated carbocycles. The third kappa shape index (κ3) is 3.10. The lowest BCUT2D eigenvalue weighted by molar-refractivity contribution is 0.0706. The molecule has 138 valence electrons. The van der Waals surface area contributed by atoms with Gasteiger partial charge in [-0.05, 0) is 53.8 Å². The van der Waals surface area contributed by atoms with Gasteiger partial charge >= 0.3 is 0 Å². The summed E-state index contributed by atoms with van der Waals surface area (Å²) in [5.41, 5.74) is 0.677. The minimum Gasteiger partial charge on any atom is -0.349 e. The Morgan fingerprint density at radius 3 is 2.93 bits per heavy atom. The molecule has 27 heavy (non-hydrogen) atoms. The monoisotopic (exact) mass is 381 g/mol. The van der Waals surface area contributed by atoms with Gasteiger partial charge in [0.25, 0.3) is 11.8 Å². The van der Waals surface area contributed by atoms with Crippen LogP contribution in [0.2, 0.25) is 0 Å². The van der Waals surface area contributed by atoms with Gasteiger partial charge in [0.1, 0.15) is 0 Å². The number of amides is 2. The van der Waals surface area contributed by atoms with Crippen molar-refractivity contribution in [3.05, 3.63) is 46.9 Å². The summed E-state index contributed by atoms with van der Waals surface area (Å²) in [6, 6.07) is 7.82. The van der Waals surface area contributed by atoms with Crippen LogP contribution in [0.25, 0.3) is 10.1 Å². The molecule has 1 aliphatic carbocycles. The van der Waals surface area contributed by atoms with Gasteiger partial charge in [-0.3, -0.25) is 9.59 Å². The summed E-state index contributed by atoms with van der Waals surface area (Å²) in [6.07, 6.45) is 2.37. The largest absolute Gasteiger partial charge is 0.349 e. The molecule has 0 saturated heterocycles. The van der Waals surface area contributed by atoms with E-state index in [1.807, 2.05) is 34.2 Å². The molecule has 8 heteroatoms. The van der Waals surface area contributed by atoms with Gasteiger partial charge < -0.3 is 14.8 Å². The first-order valence-electron chi connectivity index (χ1n) is 9.16. The van der Waals surface area contributed by atoms with Gasteiger partial charge in [-0.1, -0.05) is 0 Å². The predicted octanol–water partition coefficient (Wildman–Crippen LogP) is 2.29. The first-order valence-corrected chi connectivity index (χ1v) is 10.0. The predicted molar refractivity (Wildman–Crippen MR) is 102 cm³/mol. The molecule has 2 aliphatic rings. The van der Waals surface area contributed by atoms with E-state index in [1.54, 1.807) is 16.2 Å². The van der Waals surface area contributed by atoms with Crippen LogP contribution in [-0.2, 0) is 13.1 Å². The first kappa shape index (κ1) is 16.4. The summed E-state index contributed by atoms with van der Waals surface area (Å²) < 4.78 is 3.00. The maximum Gasteiger partial charge on any atom is 0.289 e. The molecular formula is C19H19N5O2S. The van der Waals surface area contributed by atoms with Crippen LogP contribution in [0, 0.1) is 5.92 Å². The molecule has 3 heterocycles. The lowest BCUT2D eigenvalue weighted by Gasteiger charge is -2.27. The van der Waals surface area contributed by atoms with Crippen LogP contribution in [-0.4, -0.2) is 44.6 Å². The number of aromatic nitrogens is 3. The van der Waals surface area contributed by atoms with Crippen molar-refractivity contribution >= 4 is 33.2 Å². The van der Waals surface area contributed by atoms with Crippen molar-refractivity contribution in [2.75, 3.05) is 13.1 Å². The van der Waals surface area contributed by atoms with Crippen LogP contribution < -0.4 is 5.32 Å². The first-order chi connectivity index (χ1) is 13.2. The lowest BCUT2D eigenvalue weighted by atomic mass is 10.1. The maximum absolute atomic E-state index is 12.9. The van der Waals surface area contributed by atoms with E-state index in [2.05, 4.69) is 15.5 Å². The second-order valence-corrected chi connectivity index (χ2v) is 8.09. The summed E-state index contributed by atoms with van der Waals surface area (Å²) >= 11 is 1.66. The number of carbonyl (C=O) groups excluding carboxylic acids is 2. The smallest absolute Gasteiger partial charge is 0.289 e. The van der Waals surface area contributed by atoms with Gasteiger partial charge in [0.05, 0.1) is 6.54 Å². The Morgan fingerprint density at radius 1 is 1.19 bits per heavy atom. The second-order valence-electron chi connectivity index (χ2n) is 7.14. The van der Waals surface area contributed by atoms with Gasteiger partial charge in [0.2, 0.25) is 5.82 Å². The van der Waals surface area contributed by atoms with Crippen LogP contribution in [0.1, 0.15) is 39.6 Å². The Labute approximate surface area is 160 Å². The van der Waals surface area contributed by atoms with E-state index >= 15 is 0 Å². The fourth-order valence-corrected chi connectivity index (χ4v) is 4.19. The fraction of sp³-hybridized carbons (Fsp3) is 0.368. The van der Waals surface area contributed by atoms with Crippen LogP contribution in [0.15, 0.2) is 29.6 Å². The number of carbonyl (C=O) groups is 2. The van der Waals surface area contributed by atoms with Gasteiger partial charge in [0.15, 0.2) is 5.82 Å². The number of fused-ring (bicyclic) bond motifs is 2. The minimum atomic E-state index is -0.177. The Balaban J connectivity index is 1.31. The van der Waals surface area contributed by atoms with Crippen molar-refractivity contribution in [1.29, 1.82) is 0 Å². The van der Waals surface area contributed by atoms with Crippen molar-refractivity contribution in [3.8, 4) is 0 Å². The molecule has 1 aromatic carbocycles. The molecular weight excluding hydrogens is 362 g/mol. The Kier molecular flexibility index (Phi) is 3.93. The highest BCUT2D eigenvalue weighted by Crippen LogP contribution is 2.27. The van der Waals surface area contributed by atoms with Gasteiger partial charge in [-0.15, -0.1) is 21.5 Å². The topological polar surface area (TPSA) is 80.1 Å². The second kappa shape index (κ2) is 6.45. The van der Waals surface area contributed by atoms with E-state index in [-0.39, 0.29) is 11.8 Å². The lowest BCUT2D eigenvalue weighted by Crippen LogP contribution is -2.39. The third-order valence-corrected chi connectivity index (χ3v) is 6.09. The molecule has 5 rings (SSSR count). The molecule has 2 aromatic heterocycles. The molecule has 1 aliphatic heterocycles. The van der Waals surface area contributed by atoms with E-state index in [1.165, 1.54) is 17.5 Å². The van der Waals surface area contributed by atoms with Crippen LogP contribution in [0.5, 0.6) is 0 Å². The van der Waals surface area contributed by atoms with Crippen LogP contribution in [0.3, 0.4) is 0 Å². The van der Waals surface area contributed by atoms with Crippen molar-refractivity contribution in [3.63, 3.8) is 0 Å². The molecule has 0 bridgehead atoms. The molecule has 1 fully saturated rings. The molecule has 0 spiro atoms. The van der Waals surface area contributed by atoms with E-state index in [0.717, 1.165) is 5.39 Å². The summed E-state index contributed by atoms with van der Waals surface area (Å²) in [5, 5.41) is 14.2. The molecule has 7 nitrogen and oxygen atoms in total. The normalized spacial score (nSPS) is 16.4. The number of hydrogen-bond acceptors (Lipinski definition) is 5. The summed E-state index contributed by atoms with van der Waals surface area (Å²) in [7, 11) is 0.